The molecule has 0 spiro atoms. The summed E-state index contributed by atoms with van der Waals surface area (Å²) in [6, 6.07) is 0. The number of hydrogen-bond donors (Lipinski definition) is 6. The van der Waals surface area contributed by atoms with Gasteiger partial charge in [-0.2, -0.15) is 0 Å². The van der Waals surface area contributed by atoms with Gasteiger partial charge in [0, 0.05) is 0 Å². The summed E-state index contributed by atoms with van der Waals surface area (Å²) in [6.07, 6.45) is -7.72. The summed E-state index contributed by atoms with van der Waals surface area (Å²) in [6.45, 7) is 4.23. The number of ether oxygens (including phenoxy) is 4. The van der Waals surface area contributed by atoms with E-state index in [4.69, 9.17) is 18.9 Å². The Bertz CT molecular complexity index is 669. The third-order valence-electron chi connectivity index (χ3n) is 7.54. The van der Waals surface area contributed by atoms with Crippen LogP contribution < -0.4 is 0 Å². The molecule has 5 rings (SSSR count). The molecule has 0 aromatic rings. The van der Waals surface area contributed by atoms with Crippen molar-refractivity contribution in [1.82, 2.24) is 0 Å². The number of rotatable bonds is 6. The fraction of sp³-hybridized carbons (Fsp3) is 0.905. The van der Waals surface area contributed by atoms with E-state index in [0.29, 0.717) is 11.8 Å². The molecule has 1 saturated carbocycles. The first-order valence-corrected chi connectivity index (χ1v) is 10.9. The maximum atomic E-state index is 10.3. The highest BCUT2D eigenvalue weighted by molar-refractivity contribution is 5.23. The number of fused-ring (bicyclic) bond motifs is 1. The van der Waals surface area contributed by atoms with E-state index < -0.39 is 55.3 Å². The van der Waals surface area contributed by atoms with E-state index in [1.54, 1.807) is 0 Å². The molecule has 0 amide bonds. The summed E-state index contributed by atoms with van der Waals surface area (Å²) in [5.41, 5.74) is 1.38. The molecular formula is C21H34O10. The van der Waals surface area contributed by atoms with E-state index in [9.17, 15) is 30.6 Å². The normalized spacial score (nSPS) is 49.3. The van der Waals surface area contributed by atoms with Crippen molar-refractivity contribution in [2.24, 2.45) is 17.3 Å². The second kappa shape index (κ2) is 8.94. The minimum atomic E-state index is -1.51. The Balaban J connectivity index is 1.33. The molecule has 0 unspecified atom stereocenters. The Morgan fingerprint density at radius 2 is 1.65 bits per heavy atom. The van der Waals surface area contributed by atoms with Gasteiger partial charge in [0.05, 0.1) is 19.8 Å². The zero-order valence-corrected chi connectivity index (χ0v) is 17.8. The molecule has 31 heavy (non-hydrogen) atoms. The fourth-order valence-corrected chi connectivity index (χ4v) is 5.13. The number of allylic oxidation sites excluding steroid dienone is 1. The third kappa shape index (κ3) is 4.31. The SMILES string of the molecule is CC1(C)[C@@H]2CC=C(CO[C@@H]3O[C@H](CO[C@@H]4OC[C@H](O)[C@H](O)[C@H]4O)[C@@H](O)[C@H](O)[C@H]3O)[C@H]1C2. The Kier molecular flexibility index (Phi) is 6.78. The van der Waals surface area contributed by atoms with Crippen molar-refractivity contribution in [3.8, 4) is 0 Å². The summed E-state index contributed by atoms with van der Waals surface area (Å²) in [5, 5.41) is 60.0. The van der Waals surface area contributed by atoms with Gasteiger partial charge in [-0.05, 0) is 35.7 Å². The number of aliphatic hydroxyl groups is 6. The van der Waals surface area contributed by atoms with E-state index in [2.05, 4.69) is 19.9 Å². The molecule has 11 atom stereocenters. The van der Waals surface area contributed by atoms with E-state index in [0.717, 1.165) is 18.4 Å². The maximum Gasteiger partial charge on any atom is 0.187 e. The first-order valence-electron chi connectivity index (χ1n) is 10.9. The molecule has 178 valence electrons. The first kappa shape index (κ1) is 23.5. The lowest BCUT2D eigenvalue weighted by Crippen LogP contribution is -2.60. The van der Waals surface area contributed by atoms with Crippen LogP contribution in [0.2, 0.25) is 0 Å². The average Bonchev–Trinajstić information content (AvgIpc) is 2.75. The minimum Gasteiger partial charge on any atom is -0.388 e. The lowest BCUT2D eigenvalue weighted by molar-refractivity contribution is -0.320. The van der Waals surface area contributed by atoms with Crippen LogP contribution in [0.15, 0.2) is 11.6 Å². The van der Waals surface area contributed by atoms with Gasteiger partial charge in [-0.1, -0.05) is 19.9 Å². The molecule has 2 saturated heterocycles. The lowest BCUT2D eigenvalue weighted by atomic mass is 9.49. The first-order chi connectivity index (χ1) is 14.6. The van der Waals surface area contributed by atoms with Crippen LogP contribution in [0.25, 0.3) is 0 Å². The van der Waals surface area contributed by atoms with Gasteiger partial charge in [0.1, 0.15) is 42.7 Å². The van der Waals surface area contributed by atoms with Crippen molar-refractivity contribution < 1.29 is 49.6 Å². The monoisotopic (exact) mass is 446 g/mol. The molecule has 10 nitrogen and oxygen atoms in total. The molecule has 10 heteroatoms. The van der Waals surface area contributed by atoms with Crippen LogP contribution in [-0.2, 0) is 18.9 Å². The summed E-state index contributed by atoms with van der Waals surface area (Å²) in [5.74, 6) is 1.11. The lowest BCUT2D eigenvalue weighted by Gasteiger charge is -2.56. The van der Waals surface area contributed by atoms with E-state index in [1.165, 1.54) is 0 Å². The van der Waals surface area contributed by atoms with E-state index in [1.807, 2.05) is 0 Å². The fourth-order valence-electron chi connectivity index (χ4n) is 5.13. The van der Waals surface area contributed by atoms with Gasteiger partial charge in [-0.3, -0.25) is 0 Å². The van der Waals surface area contributed by atoms with Crippen LogP contribution in [0.5, 0.6) is 0 Å². The van der Waals surface area contributed by atoms with Gasteiger partial charge in [0.25, 0.3) is 0 Å². The van der Waals surface area contributed by atoms with Crippen molar-refractivity contribution in [1.29, 1.82) is 0 Å². The Labute approximate surface area is 181 Å². The molecule has 3 fully saturated rings. The molecule has 2 aliphatic heterocycles. The van der Waals surface area contributed by atoms with Crippen LogP contribution in [0.3, 0.4) is 0 Å². The zero-order valence-electron chi connectivity index (χ0n) is 17.8. The van der Waals surface area contributed by atoms with Gasteiger partial charge < -0.3 is 49.6 Å². The number of aliphatic hydroxyl groups excluding tert-OH is 6. The van der Waals surface area contributed by atoms with Crippen molar-refractivity contribution in [2.75, 3.05) is 19.8 Å². The van der Waals surface area contributed by atoms with Crippen molar-refractivity contribution in [2.45, 2.75) is 82.0 Å². The number of hydrogen-bond acceptors (Lipinski definition) is 10. The third-order valence-corrected chi connectivity index (χ3v) is 7.54. The van der Waals surface area contributed by atoms with Gasteiger partial charge in [0.2, 0.25) is 0 Å². The smallest absolute Gasteiger partial charge is 0.187 e. The molecular weight excluding hydrogens is 412 g/mol. The summed E-state index contributed by atoms with van der Waals surface area (Å²) in [4.78, 5) is 0. The van der Waals surface area contributed by atoms with Crippen LogP contribution >= 0.6 is 0 Å². The molecule has 3 aliphatic carbocycles. The van der Waals surface area contributed by atoms with Crippen LogP contribution in [0.1, 0.15) is 26.7 Å². The molecule has 0 aromatic heterocycles. The second-order valence-corrected chi connectivity index (χ2v) is 9.73. The van der Waals surface area contributed by atoms with Crippen molar-refractivity contribution in [3.63, 3.8) is 0 Å². The highest BCUT2D eigenvalue weighted by atomic mass is 16.7. The molecule has 5 aliphatic rings. The van der Waals surface area contributed by atoms with Gasteiger partial charge in [-0.15, -0.1) is 0 Å². The zero-order chi connectivity index (χ0) is 22.5. The van der Waals surface area contributed by atoms with E-state index in [-0.39, 0.29) is 25.2 Å². The quantitative estimate of drug-likeness (QED) is 0.259. The van der Waals surface area contributed by atoms with Gasteiger partial charge >= 0.3 is 0 Å². The molecule has 2 heterocycles. The topological polar surface area (TPSA) is 158 Å². The van der Waals surface area contributed by atoms with Gasteiger partial charge in [-0.25, -0.2) is 0 Å². The molecule has 2 bridgehead atoms. The molecule has 6 N–H and O–H groups in total. The Morgan fingerprint density at radius 1 is 0.935 bits per heavy atom. The minimum absolute atomic E-state index is 0.225. The van der Waals surface area contributed by atoms with Crippen LogP contribution in [0.4, 0.5) is 0 Å². The summed E-state index contributed by atoms with van der Waals surface area (Å²) < 4.78 is 22.0. The molecule has 0 aromatic carbocycles. The second-order valence-electron chi connectivity index (χ2n) is 9.73. The van der Waals surface area contributed by atoms with Crippen LogP contribution in [0, 0.1) is 17.3 Å². The van der Waals surface area contributed by atoms with Crippen molar-refractivity contribution >= 4 is 0 Å². The Morgan fingerprint density at radius 3 is 2.32 bits per heavy atom. The van der Waals surface area contributed by atoms with Crippen LogP contribution in [-0.4, -0.2) is 106 Å². The van der Waals surface area contributed by atoms with E-state index >= 15 is 0 Å². The molecule has 0 radical (unpaired) electrons. The predicted molar refractivity (Wildman–Crippen MR) is 104 cm³/mol. The van der Waals surface area contributed by atoms with Crippen molar-refractivity contribution in [3.05, 3.63) is 11.6 Å². The summed E-state index contributed by atoms with van der Waals surface area (Å²) in [7, 11) is 0. The summed E-state index contributed by atoms with van der Waals surface area (Å²) >= 11 is 0. The Hall–Kier alpha value is -0.660. The standard InChI is InChI=1S/C21H34O10/c1-21(2)10-4-3-9(11(21)5-10)6-28-20-18(27)16(25)15(24)13(31-20)8-30-19-17(26)14(23)12(22)7-29-19/h3,10-20,22-27H,4-8H2,1-2H3/t10-,11-,12+,13-,14+,15-,16+,17-,18-,19+,20-/m1/s1. The average molecular weight is 446 g/mol. The largest absolute Gasteiger partial charge is 0.388 e. The van der Waals surface area contributed by atoms with Gasteiger partial charge in [0.15, 0.2) is 12.6 Å². The maximum absolute atomic E-state index is 10.3. The highest BCUT2D eigenvalue weighted by Crippen LogP contribution is 2.59. The highest BCUT2D eigenvalue weighted by Gasteiger charge is 2.52. The predicted octanol–water partition coefficient (Wildman–Crippen LogP) is -1.74.